The second-order valence-corrected chi connectivity index (χ2v) is 10.6. The van der Waals surface area contributed by atoms with E-state index in [1.54, 1.807) is 0 Å². The normalized spacial score (nSPS) is 13.5. The number of esters is 1. The number of fused-ring (bicyclic) bond motifs is 2. The van der Waals surface area contributed by atoms with E-state index in [-0.39, 0.29) is 0 Å². The average molecular weight is 560 g/mol. The first-order valence-electron chi connectivity index (χ1n) is 12.7. The van der Waals surface area contributed by atoms with Crippen molar-refractivity contribution >= 4 is 57.6 Å². The Morgan fingerprint density at radius 3 is 2.45 bits per heavy atom. The quantitative estimate of drug-likeness (QED) is 0.187. The van der Waals surface area contributed by atoms with Crippen LogP contribution in [-0.2, 0) is 16.0 Å². The molecule has 1 amide bonds. The van der Waals surface area contributed by atoms with Crippen molar-refractivity contribution in [3.05, 3.63) is 95.2 Å². The summed E-state index contributed by atoms with van der Waals surface area (Å²) in [5, 5.41) is 3.30. The summed E-state index contributed by atoms with van der Waals surface area (Å²) in [7, 11) is 3.99. The van der Waals surface area contributed by atoms with Gasteiger partial charge in [0.2, 0.25) is 0 Å². The standard InChI is InChI=1S/C31H27F2N3O3S/c1-36(2)22-12-7-19(8-13-22)17-20-9-16-25-28(24-5-3-4-6-26(24)35-29(20)25)30(38)39-18-27(37)34-21-10-14-23(15-11-21)40-31(32)33/h3-8,10-15,17,31H,9,16,18H2,1-2H3,(H,34,37)/b20-17-. The molecular formula is C31H27F2N3O3S. The number of amides is 1. The van der Waals surface area contributed by atoms with Crippen LogP contribution in [-0.4, -0.2) is 43.3 Å². The number of carbonyl (C=O) groups is 2. The van der Waals surface area contributed by atoms with Crippen molar-refractivity contribution in [1.82, 2.24) is 4.98 Å². The van der Waals surface area contributed by atoms with Crippen LogP contribution in [0.5, 0.6) is 0 Å². The van der Waals surface area contributed by atoms with Crippen LogP contribution >= 0.6 is 11.8 Å². The number of alkyl halides is 2. The molecule has 1 aliphatic carbocycles. The number of hydrogen-bond acceptors (Lipinski definition) is 6. The van der Waals surface area contributed by atoms with Gasteiger partial charge in [-0.15, -0.1) is 0 Å². The number of nitrogens with zero attached hydrogens (tertiary/aromatic N) is 2. The van der Waals surface area contributed by atoms with E-state index in [1.807, 2.05) is 43.3 Å². The highest BCUT2D eigenvalue weighted by molar-refractivity contribution is 7.99. The number of aromatic nitrogens is 1. The number of para-hydroxylation sites is 1. The molecule has 0 saturated carbocycles. The molecule has 1 aromatic heterocycles. The van der Waals surface area contributed by atoms with E-state index < -0.39 is 24.2 Å². The molecule has 0 fully saturated rings. The van der Waals surface area contributed by atoms with Crippen LogP contribution in [0, 0.1) is 0 Å². The van der Waals surface area contributed by atoms with Gasteiger partial charge in [-0.2, -0.15) is 8.78 Å². The zero-order valence-electron chi connectivity index (χ0n) is 22.0. The fraction of sp³-hybridized carbons (Fsp3) is 0.194. The van der Waals surface area contributed by atoms with Gasteiger partial charge in [-0.1, -0.05) is 42.1 Å². The second-order valence-electron chi connectivity index (χ2n) is 9.51. The monoisotopic (exact) mass is 559 g/mol. The third-order valence-electron chi connectivity index (χ3n) is 6.59. The Hall–Kier alpha value is -4.24. The van der Waals surface area contributed by atoms with Gasteiger partial charge in [-0.3, -0.25) is 4.79 Å². The van der Waals surface area contributed by atoms with Gasteiger partial charge in [0.1, 0.15) is 0 Å². The van der Waals surface area contributed by atoms with Crippen molar-refractivity contribution in [3.8, 4) is 0 Å². The SMILES string of the molecule is CN(C)c1ccc(/C=C2/CCc3c2nc2ccccc2c3C(=O)OCC(=O)Nc2ccc(SC(F)F)cc2)cc1. The lowest BCUT2D eigenvalue weighted by Crippen LogP contribution is -2.21. The number of hydrogen-bond donors (Lipinski definition) is 1. The number of benzene rings is 3. The topological polar surface area (TPSA) is 71.5 Å². The summed E-state index contributed by atoms with van der Waals surface area (Å²) in [6.07, 6.45) is 3.46. The smallest absolute Gasteiger partial charge is 0.339 e. The largest absolute Gasteiger partial charge is 0.452 e. The number of nitrogens with one attached hydrogen (secondary N) is 1. The van der Waals surface area contributed by atoms with Crippen LogP contribution in [0.15, 0.2) is 77.7 Å². The van der Waals surface area contributed by atoms with Gasteiger partial charge in [-0.25, -0.2) is 9.78 Å². The molecule has 1 heterocycles. The molecule has 0 aliphatic heterocycles. The Bertz CT molecular complexity index is 1590. The van der Waals surface area contributed by atoms with Crippen molar-refractivity contribution in [2.45, 2.75) is 23.5 Å². The highest BCUT2D eigenvalue weighted by Gasteiger charge is 2.28. The zero-order valence-corrected chi connectivity index (χ0v) is 22.8. The minimum atomic E-state index is -2.52. The third-order valence-corrected chi connectivity index (χ3v) is 7.32. The first-order valence-corrected chi connectivity index (χ1v) is 13.6. The second kappa shape index (κ2) is 11.9. The van der Waals surface area contributed by atoms with Gasteiger partial charge in [-0.05, 0) is 78.1 Å². The maximum absolute atomic E-state index is 13.4. The Kier molecular flexibility index (Phi) is 8.11. The van der Waals surface area contributed by atoms with Crippen LogP contribution in [0.3, 0.4) is 0 Å². The summed E-state index contributed by atoms with van der Waals surface area (Å²) >= 11 is 0.424. The van der Waals surface area contributed by atoms with E-state index in [9.17, 15) is 18.4 Å². The summed E-state index contributed by atoms with van der Waals surface area (Å²) in [6.45, 7) is -0.487. The van der Waals surface area contributed by atoms with Crippen LogP contribution < -0.4 is 10.2 Å². The minimum Gasteiger partial charge on any atom is -0.452 e. The molecule has 3 aromatic carbocycles. The summed E-state index contributed by atoms with van der Waals surface area (Å²) in [4.78, 5) is 33.2. The molecule has 9 heteroatoms. The summed E-state index contributed by atoms with van der Waals surface area (Å²) < 4.78 is 30.5. The Morgan fingerprint density at radius 1 is 1.02 bits per heavy atom. The van der Waals surface area contributed by atoms with Gasteiger partial charge in [0, 0.05) is 35.8 Å². The highest BCUT2D eigenvalue weighted by atomic mass is 32.2. The van der Waals surface area contributed by atoms with Gasteiger partial charge in [0.05, 0.1) is 16.8 Å². The molecule has 6 nitrogen and oxygen atoms in total. The number of ether oxygens (including phenoxy) is 1. The van der Waals surface area contributed by atoms with Gasteiger partial charge in [0.15, 0.2) is 6.61 Å². The first-order chi connectivity index (χ1) is 19.3. The predicted octanol–water partition coefficient (Wildman–Crippen LogP) is 6.90. The number of allylic oxidation sites excluding steroid dienone is 1. The van der Waals surface area contributed by atoms with Crippen molar-refractivity contribution in [3.63, 3.8) is 0 Å². The van der Waals surface area contributed by atoms with Crippen LogP contribution in [0.4, 0.5) is 20.2 Å². The molecule has 0 saturated heterocycles. The number of thioether (sulfide) groups is 1. The van der Waals surface area contributed by atoms with E-state index in [0.717, 1.165) is 34.5 Å². The Balaban J connectivity index is 1.35. The minimum absolute atomic E-state index is 0.386. The van der Waals surface area contributed by atoms with E-state index in [4.69, 9.17) is 9.72 Å². The van der Waals surface area contributed by atoms with E-state index >= 15 is 0 Å². The fourth-order valence-corrected chi connectivity index (χ4v) is 5.20. The average Bonchev–Trinajstić information content (AvgIpc) is 3.33. The first kappa shape index (κ1) is 27.3. The van der Waals surface area contributed by atoms with Crippen LogP contribution in [0.1, 0.15) is 33.6 Å². The molecule has 0 radical (unpaired) electrons. The van der Waals surface area contributed by atoms with Gasteiger partial charge >= 0.3 is 5.97 Å². The lowest BCUT2D eigenvalue weighted by atomic mass is 10.0. The summed E-state index contributed by atoms with van der Waals surface area (Å²) in [5.41, 5.74) is 6.30. The van der Waals surface area contributed by atoms with Crippen molar-refractivity contribution in [1.29, 1.82) is 0 Å². The van der Waals surface area contributed by atoms with E-state index in [1.165, 1.54) is 24.3 Å². The predicted molar refractivity (Wildman–Crippen MR) is 156 cm³/mol. The molecule has 40 heavy (non-hydrogen) atoms. The summed E-state index contributed by atoms with van der Waals surface area (Å²) in [6, 6.07) is 21.7. The highest BCUT2D eigenvalue weighted by Crippen LogP contribution is 2.38. The number of halogens is 2. The Morgan fingerprint density at radius 2 is 1.75 bits per heavy atom. The van der Waals surface area contributed by atoms with Crippen LogP contribution in [0.25, 0.3) is 22.6 Å². The van der Waals surface area contributed by atoms with Gasteiger partial charge in [0.25, 0.3) is 11.7 Å². The van der Waals surface area contributed by atoms with Crippen molar-refractivity contribution in [2.75, 3.05) is 30.9 Å². The molecule has 0 spiro atoms. The summed E-state index contributed by atoms with van der Waals surface area (Å²) in [5.74, 6) is -3.64. The lowest BCUT2D eigenvalue weighted by molar-refractivity contribution is -0.119. The molecule has 0 bridgehead atoms. The number of anilines is 2. The van der Waals surface area contributed by atoms with E-state index in [2.05, 4.69) is 35.7 Å². The number of carbonyl (C=O) groups excluding carboxylic acids is 2. The van der Waals surface area contributed by atoms with Crippen molar-refractivity contribution < 1.29 is 23.1 Å². The van der Waals surface area contributed by atoms with Crippen LogP contribution in [0.2, 0.25) is 0 Å². The molecule has 5 rings (SSSR count). The maximum atomic E-state index is 13.4. The fourth-order valence-electron chi connectivity index (χ4n) is 4.70. The molecule has 204 valence electrons. The van der Waals surface area contributed by atoms with E-state index in [0.29, 0.717) is 45.2 Å². The molecule has 0 atom stereocenters. The van der Waals surface area contributed by atoms with Crippen molar-refractivity contribution in [2.24, 2.45) is 0 Å². The lowest BCUT2D eigenvalue weighted by Gasteiger charge is -2.13. The van der Waals surface area contributed by atoms with Gasteiger partial charge < -0.3 is 15.0 Å². The molecule has 1 N–H and O–H groups in total. The molecule has 0 unspecified atom stereocenters. The Labute approximate surface area is 235 Å². The number of pyridine rings is 1. The maximum Gasteiger partial charge on any atom is 0.339 e. The zero-order chi connectivity index (χ0) is 28.2. The number of rotatable bonds is 8. The molecular weight excluding hydrogens is 532 g/mol. The molecule has 4 aromatic rings. The third kappa shape index (κ3) is 6.15. The molecule has 1 aliphatic rings.